The second kappa shape index (κ2) is 7.67. The molecule has 0 radical (unpaired) electrons. The molecule has 0 aliphatic carbocycles. The van der Waals surface area contributed by atoms with Crippen molar-refractivity contribution in [2.24, 2.45) is 0 Å². The van der Waals surface area contributed by atoms with Crippen molar-refractivity contribution < 1.29 is 14.3 Å². The molecule has 1 heterocycles. The highest BCUT2D eigenvalue weighted by molar-refractivity contribution is 7.99. The number of esters is 1. The largest absolute Gasteiger partial charge is 0.465 e. The molecule has 25 heavy (non-hydrogen) atoms. The minimum Gasteiger partial charge on any atom is -0.465 e. The highest BCUT2D eigenvalue weighted by atomic mass is 32.2. The van der Waals surface area contributed by atoms with Crippen LogP contribution in [0, 0.1) is 0 Å². The lowest BCUT2D eigenvalue weighted by Crippen LogP contribution is -2.12. The number of carbonyl (C=O) groups is 2. The van der Waals surface area contributed by atoms with Crippen molar-refractivity contribution in [3.8, 4) is 0 Å². The number of hydrogen-bond acceptors (Lipinski definition) is 6. The van der Waals surface area contributed by atoms with Crippen LogP contribution in [-0.2, 0) is 4.74 Å². The Balaban J connectivity index is 1.85. The van der Waals surface area contributed by atoms with Gasteiger partial charge in [0.05, 0.1) is 28.5 Å². The molecule has 0 atom stereocenters. The van der Waals surface area contributed by atoms with Gasteiger partial charge in [-0.05, 0) is 36.1 Å². The molecule has 0 bridgehead atoms. The molecule has 0 saturated heterocycles. The lowest BCUT2D eigenvalue weighted by atomic mass is 10.2. The van der Waals surface area contributed by atoms with Crippen LogP contribution >= 0.6 is 23.1 Å². The molecule has 1 amide bonds. The number of fused-ring (bicyclic) bond motifs is 1. The molecule has 5 nitrogen and oxygen atoms in total. The molecule has 0 saturated carbocycles. The third-order valence-corrected chi connectivity index (χ3v) is 5.35. The maximum atomic E-state index is 12.6. The van der Waals surface area contributed by atoms with E-state index in [0.717, 1.165) is 20.9 Å². The van der Waals surface area contributed by atoms with E-state index in [0.29, 0.717) is 16.3 Å². The van der Waals surface area contributed by atoms with E-state index in [1.54, 1.807) is 36.0 Å². The van der Waals surface area contributed by atoms with Crippen LogP contribution in [-0.4, -0.2) is 29.7 Å². The second-order valence-corrected chi connectivity index (χ2v) is 7.41. The van der Waals surface area contributed by atoms with Gasteiger partial charge in [-0.25, -0.2) is 9.78 Å². The number of benzene rings is 2. The Bertz CT molecular complexity index is 937. The Kier molecular flexibility index (Phi) is 5.35. The number of methoxy groups -OCH3 is 1. The number of rotatable bonds is 5. The second-order valence-electron chi connectivity index (χ2n) is 5.08. The van der Waals surface area contributed by atoms with E-state index >= 15 is 0 Å². The number of ether oxygens (including phenoxy) is 1. The summed E-state index contributed by atoms with van der Waals surface area (Å²) in [6.45, 7) is 2.05. The molecule has 7 heteroatoms. The number of nitrogens with one attached hydrogen (secondary N) is 1. The molecule has 1 aromatic heterocycles. The van der Waals surface area contributed by atoms with Crippen LogP contribution in [0.15, 0.2) is 47.4 Å². The summed E-state index contributed by atoms with van der Waals surface area (Å²) in [6.07, 6.45) is 0. The maximum absolute atomic E-state index is 12.6. The quantitative estimate of drug-likeness (QED) is 0.529. The van der Waals surface area contributed by atoms with Crippen molar-refractivity contribution in [2.45, 2.75) is 11.8 Å². The lowest BCUT2D eigenvalue weighted by Gasteiger charge is -2.07. The average molecular weight is 372 g/mol. The number of nitrogens with zero attached hydrogens (tertiary/aromatic N) is 1. The normalized spacial score (nSPS) is 10.6. The zero-order valence-corrected chi connectivity index (χ0v) is 15.4. The van der Waals surface area contributed by atoms with Crippen molar-refractivity contribution in [1.82, 2.24) is 4.98 Å². The first-order chi connectivity index (χ1) is 12.1. The molecule has 3 aromatic rings. The molecule has 0 unspecified atom stereocenters. The molecule has 0 aliphatic rings. The smallest absolute Gasteiger partial charge is 0.337 e. The standard InChI is InChI=1S/C18H16N2O3S2/c1-3-24-14-7-5-4-6-12(14)16(21)20-18-19-13-9-8-11(17(22)23-2)10-15(13)25-18/h4-10H,3H2,1-2H3,(H,19,20,21). The van der Waals surface area contributed by atoms with Crippen LogP contribution in [0.3, 0.4) is 0 Å². The SMILES string of the molecule is CCSc1ccccc1C(=O)Nc1nc2ccc(C(=O)OC)cc2s1. The van der Waals surface area contributed by atoms with Gasteiger partial charge >= 0.3 is 5.97 Å². The topological polar surface area (TPSA) is 68.3 Å². The Morgan fingerprint density at radius 2 is 2.04 bits per heavy atom. The molecular weight excluding hydrogens is 356 g/mol. The fourth-order valence-electron chi connectivity index (χ4n) is 2.32. The molecule has 128 valence electrons. The Morgan fingerprint density at radius 1 is 1.24 bits per heavy atom. The summed E-state index contributed by atoms with van der Waals surface area (Å²) in [5.41, 5.74) is 1.81. The molecular formula is C18H16N2O3S2. The van der Waals surface area contributed by atoms with Gasteiger partial charge in [-0.1, -0.05) is 30.4 Å². The summed E-state index contributed by atoms with van der Waals surface area (Å²) in [5, 5.41) is 3.35. The van der Waals surface area contributed by atoms with Crippen molar-refractivity contribution in [1.29, 1.82) is 0 Å². The van der Waals surface area contributed by atoms with E-state index in [9.17, 15) is 9.59 Å². The van der Waals surface area contributed by atoms with Gasteiger partial charge in [0.25, 0.3) is 5.91 Å². The van der Waals surface area contributed by atoms with Gasteiger partial charge in [0.15, 0.2) is 5.13 Å². The van der Waals surface area contributed by atoms with Crippen LogP contribution in [0.25, 0.3) is 10.2 Å². The molecule has 1 N–H and O–H groups in total. The molecule has 0 fully saturated rings. The third kappa shape index (κ3) is 3.83. The summed E-state index contributed by atoms with van der Waals surface area (Å²) in [7, 11) is 1.34. The number of thiazole rings is 1. The van der Waals surface area contributed by atoms with Crippen molar-refractivity contribution >= 4 is 50.3 Å². The molecule has 2 aromatic carbocycles. The van der Waals surface area contributed by atoms with Gasteiger partial charge in [-0.3, -0.25) is 10.1 Å². The third-order valence-electron chi connectivity index (χ3n) is 3.46. The number of anilines is 1. The highest BCUT2D eigenvalue weighted by Crippen LogP contribution is 2.28. The lowest BCUT2D eigenvalue weighted by molar-refractivity contribution is 0.0601. The number of aromatic nitrogens is 1. The summed E-state index contributed by atoms with van der Waals surface area (Å²) in [4.78, 5) is 29.5. The Labute approximate surface area is 153 Å². The fourth-order valence-corrected chi connectivity index (χ4v) is 4.03. The summed E-state index contributed by atoms with van der Waals surface area (Å²) < 4.78 is 5.54. The summed E-state index contributed by atoms with van der Waals surface area (Å²) in [5.74, 6) is 0.303. The van der Waals surface area contributed by atoms with Crippen molar-refractivity contribution in [3.05, 3.63) is 53.6 Å². The first-order valence-electron chi connectivity index (χ1n) is 7.64. The van der Waals surface area contributed by atoms with E-state index in [2.05, 4.69) is 10.3 Å². The Hall–Kier alpha value is -2.38. The van der Waals surface area contributed by atoms with Crippen LogP contribution in [0.1, 0.15) is 27.6 Å². The fraction of sp³-hybridized carbons (Fsp3) is 0.167. The van der Waals surface area contributed by atoms with E-state index in [1.807, 2.05) is 25.1 Å². The number of amides is 1. The summed E-state index contributed by atoms with van der Waals surface area (Å²) in [6, 6.07) is 12.6. The number of thioether (sulfide) groups is 1. The first kappa shape index (κ1) is 17.4. The van der Waals surface area contributed by atoms with Crippen molar-refractivity contribution in [3.63, 3.8) is 0 Å². The van der Waals surface area contributed by atoms with Gasteiger partial charge in [0.1, 0.15) is 0 Å². The Morgan fingerprint density at radius 3 is 2.80 bits per heavy atom. The predicted molar refractivity (Wildman–Crippen MR) is 102 cm³/mol. The highest BCUT2D eigenvalue weighted by Gasteiger charge is 2.14. The average Bonchev–Trinajstić information content (AvgIpc) is 3.03. The van der Waals surface area contributed by atoms with E-state index in [1.165, 1.54) is 18.4 Å². The first-order valence-corrected chi connectivity index (χ1v) is 9.44. The van der Waals surface area contributed by atoms with Gasteiger partial charge in [-0.2, -0.15) is 0 Å². The zero-order valence-electron chi connectivity index (χ0n) is 13.7. The van der Waals surface area contributed by atoms with Crippen LogP contribution < -0.4 is 5.32 Å². The van der Waals surface area contributed by atoms with Gasteiger partial charge in [-0.15, -0.1) is 11.8 Å². The van der Waals surface area contributed by atoms with Crippen LogP contribution in [0.4, 0.5) is 5.13 Å². The summed E-state index contributed by atoms with van der Waals surface area (Å²) >= 11 is 2.95. The predicted octanol–water partition coefficient (Wildman–Crippen LogP) is 4.45. The van der Waals surface area contributed by atoms with Gasteiger partial charge < -0.3 is 4.74 Å². The van der Waals surface area contributed by atoms with E-state index in [4.69, 9.17) is 4.74 Å². The monoisotopic (exact) mass is 372 g/mol. The molecule has 0 aliphatic heterocycles. The van der Waals surface area contributed by atoms with Gasteiger partial charge in [0.2, 0.25) is 0 Å². The number of carbonyl (C=O) groups excluding carboxylic acids is 2. The molecule has 3 rings (SSSR count). The van der Waals surface area contributed by atoms with Crippen LogP contribution in [0.2, 0.25) is 0 Å². The van der Waals surface area contributed by atoms with E-state index in [-0.39, 0.29) is 5.91 Å². The van der Waals surface area contributed by atoms with Crippen LogP contribution in [0.5, 0.6) is 0 Å². The van der Waals surface area contributed by atoms with Crippen molar-refractivity contribution in [2.75, 3.05) is 18.2 Å². The minimum atomic E-state index is -0.397. The van der Waals surface area contributed by atoms with Gasteiger partial charge in [0, 0.05) is 4.90 Å². The molecule has 0 spiro atoms. The zero-order chi connectivity index (χ0) is 17.8. The maximum Gasteiger partial charge on any atom is 0.337 e. The number of hydrogen-bond donors (Lipinski definition) is 1. The minimum absolute atomic E-state index is 0.191. The van der Waals surface area contributed by atoms with E-state index < -0.39 is 5.97 Å².